The molecule has 0 spiro atoms. The molecule has 3 aromatic carbocycles. The second kappa shape index (κ2) is 11.4. The minimum absolute atomic E-state index is 0.0333. The maximum absolute atomic E-state index is 13.2. The number of hydrogen-bond acceptors (Lipinski definition) is 5. The number of rotatable bonds is 6. The first kappa shape index (κ1) is 27.5. The summed E-state index contributed by atoms with van der Waals surface area (Å²) in [6.07, 6.45) is 1.24. The van der Waals surface area contributed by atoms with Gasteiger partial charge in [0.2, 0.25) is 0 Å². The average molecular weight is 593 g/mol. The molecular weight excluding hydrogens is 576 g/mol. The minimum Gasteiger partial charge on any atom is -0.481 e. The van der Waals surface area contributed by atoms with Crippen molar-refractivity contribution >= 4 is 87.6 Å². The summed E-state index contributed by atoms with van der Waals surface area (Å²) >= 11 is 24.6. The van der Waals surface area contributed by atoms with E-state index in [-0.39, 0.29) is 39.2 Å². The number of barbiturate groups is 1. The zero-order valence-electron chi connectivity index (χ0n) is 19.5. The van der Waals surface area contributed by atoms with E-state index in [1.165, 1.54) is 24.3 Å². The highest BCUT2D eigenvalue weighted by atomic mass is 35.5. The maximum Gasteiger partial charge on any atom is 0.335 e. The van der Waals surface area contributed by atoms with Gasteiger partial charge in [-0.2, -0.15) is 0 Å². The van der Waals surface area contributed by atoms with Gasteiger partial charge >= 0.3 is 6.03 Å². The molecule has 4 rings (SSSR count). The van der Waals surface area contributed by atoms with Crippen molar-refractivity contribution in [3.63, 3.8) is 0 Å². The number of carbonyl (C=O) groups is 4. The van der Waals surface area contributed by atoms with E-state index in [4.69, 9.17) is 51.1 Å². The second-order valence-electron chi connectivity index (χ2n) is 8.00. The van der Waals surface area contributed by atoms with Crippen LogP contribution in [0.4, 0.5) is 16.2 Å². The Bertz CT molecular complexity index is 1480. The summed E-state index contributed by atoms with van der Waals surface area (Å²) in [6, 6.07) is 13.2. The Morgan fingerprint density at radius 3 is 2.29 bits per heavy atom. The van der Waals surface area contributed by atoms with Gasteiger partial charge in [-0.1, -0.05) is 52.5 Å². The molecule has 0 unspecified atom stereocenters. The SMILES string of the molecule is Cc1c(Cl)cccc1N1C(=O)NC(=O)/C(=C\c2cc(Cl)c(OCC(=O)Nc3ccc(Cl)cc3)c(Cl)c2)C1=O. The number of nitrogens with one attached hydrogen (secondary N) is 2. The Kier molecular flexibility index (Phi) is 8.28. The Morgan fingerprint density at radius 1 is 0.974 bits per heavy atom. The number of hydrogen-bond donors (Lipinski definition) is 2. The van der Waals surface area contributed by atoms with Gasteiger partial charge in [-0.25, -0.2) is 9.69 Å². The van der Waals surface area contributed by atoms with Crippen LogP contribution in [0.5, 0.6) is 5.75 Å². The highest BCUT2D eigenvalue weighted by molar-refractivity contribution is 6.40. The fourth-order valence-corrected chi connectivity index (χ4v) is 4.46. The van der Waals surface area contributed by atoms with Gasteiger partial charge < -0.3 is 10.1 Å². The van der Waals surface area contributed by atoms with E-state index >= 15 is 0 Å². The predicted octanol–water partition coefficient (Wildman–Crippen LogP) is 6.29. The molecule has 3 aromatic rings. The van der Waals surface area contributed by atoms with E-state index in [0.717, 1.165) is 4.90 Å². The zero-order chi connectivity index (χ0) is 27.6. The molecule has 12 heteroatoms. The monoisotopic (exact) mass is 591 g/mol. The van der Waals surface area contributed by atoms with E-state index in [1.54, 1.807) is 43.3 Å². The summed E-state index contributed by atoms with van der Waals surface area (Å²) in [4.78, 5) is 51.3. The van der Waals surface area contributed by atoms with Gasteiger partial charge in [-0.05, 0) is 72.7 Å². The van der Waals surface area contributed by atoms with Crippen LogP contribution >= 0.6 is 46.4 Å². The molecule has 194 valence electrons. The van der Waals surface area contributed by atoms with Gasteiger partial charge in [0.15, 0.2) is 12.4 Å². The van der Waals surface area contributed by atoms with Gasteiger partial charge in [0.05, 0.1) is 15.7 Å². The molecule has 5 amide bonds. The molecule has 0 saturated carbocycles. The lowest BCUT2D eigenvalue weighted by Gasteiger charge is -2.27. The van der Waals surface area contributed by atoms with E-state index in [2.05, 4.69) is 10.6 Å². The molecule has 1 saturated heterocycles. The largest absolute Gasteiger partial charge is 0.481 e. The summed E-state index contributed by atoms with van der Waals surface area (Å²) in [7, 11) is 0. The van der Waals surface area contributed by atoms with Crippen LogP contribution in [0.15, 0.2) is 60.2 Å². The lowest BCUT2D eigenvalue weighted by molar-refractivity contribution is -0.122. The third-order valence-corrected chi connectivity index (χ3v) is 6.61. The molecule has 0 aromatic heterocycles. The fraction of sp³-hybridized carbons (Fsp3) is 0.0769. The number of amides is 5. The van der Waals surface area contributed by atoms with Crippen molar-refractivity contribution < 1.29 is 23.9 Å². The van der Waals surface area contributed by atoms with Crippen molar-refractivity contribution in [2.45, 2.75) is 6.92 Å². The van der Waals surface area contributed by atoms with Crippen LogP contribution in [0.2, 0.25) is 20.1 Å². The molecule has 38 heavy (non-hydrogen) atoms. The summed E-state index contributed by atoms with van der Waals surface area (Å²) in [5.74, 6) is -2.17. The van der Waals surface area contributed by atoms with E-state index in [0.29, 0.717) is 21.3 Å². The summed E-state index contributed by atoms with van der Waals surface area (Å²) in [5, 5.41) is 5.73. The topological polar surface area (TPSA) is 105 Å². The molecule has 0 bridgehead atoms. The lowest BCUT2D eigenvalue weighted by atomic mass is 10.1. The molecule has 0 aliphatic carbocycles. The van der Waals surface area contributed by atoms with E-state index in [9.17, 15) is 19.2 Å². The number of anilines is 2. The molecule has 0 radical (unpaired) electrons. The van der Waals surface area contributed by atoms with Gasteiger partial charge in [0.25, 0.3) is 17.7 Å². The molecule has 1 fully saturated rings. The van der Waals surface area contributed by atoms with Crippen molar-refractivity contribution in [1.29, 1.82) is 0 Å². The number of benzene rings is 3. The van der Waals surface area contributed by atoms with Crippen molar-refractivity contribution in [2.24, 2.45) is 0 Å². The van der Waals surface area contributed by atoms with Gasteiger partial charge in [0.1, 0.15) is 5.57 Å². The van der Waals surface area contributed by atoms with Crippen LogP contribution in [0.25, 0.3) is 6.08 Å². The van der Waals surface area contributed by atoms with Crippen molar-refractivity contribution in [2.75, 3.05) is 16.8 Å². The van der Waals surface area contributed by atoms with Crippen LogP contribution in [-0.4, -0.2) is 30.4 Å². The molecular formula is C26H17Cl4N3O5. The molecule has 1 heterocycles. The molecule has 1 aliphatic rings. The van der Waals surface area contributed by atoms with Crippen molar-refractivity contribution in [1.82, 2.24) is 5.32 Å². The molecule has 1 aliphatic heterocycles. The lowest BCUT2D eigenvalue weighted by Crippen LogP contribution is -2.54. The number of imide groups is 2. The van der Waals surface area contributed by atoms with Crippen LogP contribution in [0.3, 0.4) is 0 Å². The first-order valence-electron chi connectivity index (χ1n) is 10.9. The molecule has 2 N–H and O–H groups in total. The number of halogens is 4. The minimum atomic E-state index is -0.904. The standard InChI is InChI=1S/C26H17Cl4N3O5/c1-13-18(28)3-2-4-21(13)33-25(36)17(24(35)32-26(33)37)9-14-10-19(29)23(20(30)11-14)38-12-22(34)31-16-7-5-15(27)6-8-16/h2-11H,12H2,1H3,(H,31,34)(H,32,35,37)/b17-9+. The second-order valence-corrected chi connectivity index (χ2v) is 9.66. The normalized spacial score (nSPS) is 14.5. The maximum atomic E-state index is 13.2. The smallest absolute Gasteiger partial charge is 0.335 e. The number of carbonyl (C=O) groups excluding carboxylic acids is 4. The van der Waals surface area contributed by atoms with E-state index < -0.39 is 23.8 Å². The average Bonchev–Trinajstić information content (AvgIpc) is 2.85. The fourth-order valence-electron chi connectivity index (χ4n) is 3.55. The zero-order valence-corrected chi connectivity index (χ0v) is 22.5. The first-order chi connectivity index (χ1) is 18.0. The third-order valence-electron chi connectivity index (χ3n) is 5.39. The van der Waals surface area contributed by atoms with E-state index in [1.807, 2.05) is 0 Å². The van der Waals surface area contributed by atoms with Crippen molar-refractivity contribution in [3.8, 4) is 5.75 Å². The third kappa shape index (κ3) is 5.95. The van der Waals surface area contributed by atoms with Crippen LogP contribution in [0.1, 0.15) is 11.1 Å². The quantitative estimate of drug-likeness (QED) is 0.258. The Balaban J connectivity index is 1.54. The van der Waals surface area contributed by atoms with Gasteiger partial charge in [-0.3, -0.25) is 19.7 Å². The van der Waals surface area contributed by atoms with Crippen LogP contribution in [-0.2, 0) is 14.4 Å². The van der Waals surface area contributed by atoms with Gasteiger partial charge in [0, 0.05) is 15.7 Å². The summed E-state index contributed by atoms with van der Waals surface area (Å²) < 4.78 is 5.49. The number of nitrogens with zero attached hydrogens (tertiary/aromatic N) is 1. The summed E-state index contributed by atoms with van der Waals surface area (Å²) in [6.45, 7) is 1.26. The summed E-state index contributed by atoms with van der Waals surface area (Å²) in [5.41, 5.74) is 1.20. The van der Waals surface area contributed by atoms with Crippen molar-refractivity contribution in [3.05, 3.63) is 91.4 Å². The molecule has 0 atom stereocenters. The predicted molar refractivity (Wildman–Crippen MR) is 147 cm³/mol. The Hall–Kier alpha value is -3.56. The Labute approximate surface area is 237 Å². The highest BCUT2D eigenvalue weighted by Crippen LogP contribution is 2.36. The van der Waals surface area contributed by atoms with Crippen LogP contribution in [0, 0.1) is 6.92 Å². The van der Waals surface area contributed by atoms with Crippen LogP contribution < -0.4 is 20.3 Å². The Morgan fingerprint density at radius 2 is 1.63 bits per heavy atom. The number of ether oxygens (including phenoxy) is 1. The number of urea groups is 1. The molecule has 8 nitrogen and oxygen atoms in total. The highest BCUT2D eigenvalue weighted by Gasteiger charge is 2.37. The van der Waals surface area contributed by atoms with Gasteiger partial charge in [-0.15, -0.1) is 0 Å². The first-order valence-corrected chi connectivity index (χ1v) is 12.4.